The zero-order valence-electron chi connectivity index (χ0n) is 8.15. The largest absolute Gasteiger partial charge is 0.299 e. The number of rotatable bonds is 3. The highest BCUT2D eigenvalue weighted by atomic mass is 79.9. The Kier molecular flexibility index (Phi) is 3.02. The number of halogens is 1. The lowest BCUT2D eigenvalue weighted by molar-refractivity contribution is -0.385. The van der Waals surface area contributed by atoms with Gasteiger partial charge in [-0.2, -0.15) is 0 Å². The van der Waals surface area contributed by atoms with Gasteiger partial charge in [0.15, 0.2) is 0 Å². The van der Waals surface area contributed by atoms with Crippen molar-refractivity contribution < 1.29 is 4.92 Å². The van der Waals surface area contributed by atoms with Gasteiger partial charge in [0.25, 0.3) is 5.69 Å². The van der Waals surface area contributed by atoms with Crippen molar-refractivity contribution in [3.63, 3.8) is 0 Å². The maximum absolute atomic E-state index is 10.6. The molecule has 5 heteroatoms. The number of benzene rings is 1. The van der Waals surface area contributed by atoms with E-state index in [1.165, 1.54) is 12.5 Å². The van der Waals surface area contributed by atoms with Gasteiger partial charge in [0.05, 0.1) is 4.92 Å². The molecule has 0 unspecified atom stereocenters. The third kappa shape index (κ3) is 2.54. The van der Waals surface area contributed by atoms with E-state index in [0.29, 0.717) is 0 Å². The maximum atomic E-state index is 10.6. The minimum absolute atomic E-state index is 0.153. The van der Waals surface area contributed by atoms with Gasteiger partial charge in [-0.1, -0.05) is 15.9 Å². The molecule has 1 aromatic rings. The number of non-ortho nitro benzene ring substituents is 1. The summed E-state index contributed by atoms with van der Waals surface area (Å²) in [6, 6.07) is 5.11. The highest BCUT2D eigenvalue weighted by Crippen LogP contribution is 2.23. The molecule has 1 aliphatic rings. The zero-order chi connectivity index (χ0) is 10.8. The maximum Gasteiger partial charge on any atom is 0.270 e. The molecule has 1 fully saturated rings. The van der Waals surface area contributed by atoms with Crippen molar-refractivity contribution in [1.29, 1.82) is 0 Å². The van der Waals surface area contributed by atoms with Crippen molar-refractivity contribution in [1.82, 2.24) is 4.90 Å². The van der Waals surface area contributed by atoms with Gasteiger partial charge in [-0.15, -0.1) is 0 Å². The number of likely N-dealkylation sites (tertiary alicyclic amines) is 1. The molecule has 0 spiro atoms. The fraction of sp³-hybridized carbons (Fsp3) is 0.400. The number of nitro groups is 1. The quantitative estimate of drug-likeness (QED) is 0.627. The van der Waals surface area contributed by atoms with E-state index in [9.17, 15) is 10.1 Å². The van der Waals surface area contributed by atoms with Crippen LogP contribution in [0.2, 0.25) is 0 Å². The molecule has 80 valence electrons. The lowest BCUT2D eigenvalue weighted by atomic mass is 10.1. The summed E-state index contributed by atoms with van der Waals surface area (Å²) < 4.78 is 0.771. The third-order valence-electron chi connectivity index (χ3n) is 2.51. The molecule has 4 nitrogen and oxygen atoms in total. The Morgan fingerprint density at radius 1 is 1.40 bits per heavy atom. The standard InChI is InChI=1S/C10H11BrN2O2/c11-9-4-8(7-12-2-1-3-12)5-10(6-9)13(14)15/h4-6H,1-3,7H2. The molecule has 0 aromatic heterocycles. The molecule has 0 radical (unpaired) electrons. The predicted octanol–water partition coefficient (Wildman–Crippen LogP) is 2.56. The van der Waals surface area contributed by atoms with E-state index in [1.54, 1.807) is 6.07 Å². The van der Waals surface area contributed by atoms with Crippen LogP contribution in [0.25, 0.3) is 0 Å². The molecule has 0 saturated carbocycles. The number of hydrogen-bond donors (Lipinski definition) is 0. The molecule has 1 aliphatic heterocycles. The first-order valence-electron chi connectivity index (χ1n) is 4.81. The second-order valence-electron chi connectivity index (χ2n) is 3.70. The summed E-state index contributed by atoms with van der Waals surface area (Å²) in [5.41, 5.74) is 1.15. The summed E-state index contributed by atoms with van der Waals surface area (Å²) in [6.45, 7) is 3.00. The van der Waals surface area contributed by atoms with Crippen molar-refractivity contribution in [2.45, 2.75) is 13.0 Å². The highest BCUT2D eigenvalue weighted by Gasteiger charge is 2.16. The van der Waals surface area contributed by atoms with Crippen molar-refractivity contribution in [3.05, 3.63) is 38.3 Å². The number of nitro benzene ring substituents is 1. The number of hydrogen-bond acceptors (Lipinski definition) is 3. The van der Waals surface area contributed by atoms with Crippen molar-refractivity contribution >= 4 is 21.6 Å². The Hall–Kier alpha value is -0.940. The van der Waals surface area contributed by atoms with Crippen LogP contribution in [0.1, 0.15) is 12.0 Å². The Bertz CT molecular complexity index is 391. The third-order valence-corrected chi connectivity index (χ3v) is 2.97. The number of nitrogens with zero attached hydrogens (tertiary/aromatic N) is 2. The molecular formula is C10H11BrN2O2. The van der Waals surface area contributed by atoms with Gasteiger partial charge >= 0.3 is 0 Å². The van der Waals surface area contributed by atoms with Crippen LogP contribution in [-0.2, 0) is 6.54 Å². The van der Waals surface area contributed by atoms with Crippen LogP contribution in [-0.4, -0.2) is 22.9 Å². The second kappa shape index (κ2) is 4.28. The molecule has 0 aliphatic carbocycles. The predicted molar refractivity (Wildman–Crippen MR) is 60.7 cm³/mol. The molecular weight excluding hydrogens is 260 g/mol. The first-order chi connectivity index (χ1) is 7.15. The molecule has 0 bridgehead atoms. The first kappa shape index (κ1) is 10.6. The average molecular weight is 271 g/mol. The monoisotopic (exact) mass is 270 g/mol. The molecule has 1 heterocycles. The van der Waals surface area contributed by atoms with Crippen LogP contribution in [0.4, 0.5) is 5.69 Å². The molecule has 0 atom stereocenters. The van der Waals surface area contributed by atoms with E-state index in [0.717, 1.165) is 29.7 Å². The summed E-state index contributed by atoms with van der Waals surface area (Å²) in [6.07, 6.45) is 1.23. The van der Waals surface area contributed by atoms with Gasteiger partial charge in [0.1, 0.15) is 0 Å². The van der Waals surface area contributed by atoms with Crippen molar-refractivity contribution in [3.8, 4) is 0 Å². The van der Waals surface area contributed by atoms with Gasteiger partial charge in [-0.3, -0.25) is 15.0 Å². The van der Waals surface area contributed by atoms with Crippen molar-refractivity contribution in [2.75, 3.05) is 13.1 Å². The lowest BCUT2D eigenvalue weighted by Crippen LogP contribution is -2.36. The van der Waals surface area contributed by atoms with Crippen LogP contribution in [0.5, 0.6) is 0 Å². The van der Waals surface area contributed by atoms with Crippen LogP contribution >= 0.6 is 15.9 Å². The lowest BCUT2D eigenvalue weighted by Gasteiger charge is -2.30. The molecule has 1 aromatic carbocycles. The van der Waals surface area contributed by atoms with E-state index in [-0.39, 0.29) is 10.6 Å². The summed E-state index contributed by atoms with van der Waals surface area (Å²) in [4.78, 5) is 12.6. The topological polar surface area (TPSA) is 46.4 Å². The molecule has 15 heavy (non-hydrogen) atoms. The second-order valence-corrected chi connectivity index (χ2v) is 4.62. The van der Waals surface area contributed by atoms with Gasteiger partial charge in [-0.05, 0) is 31.1 Å². The smallest absolute Gasteiger partial charge is 0.270 e. The fourth-order valence-corrected chi connectivity index (χ4v) is 2.16. The first-order valence-corrected chi connectivity index (χ1v) is 5.61. The van der Waals surface area contributed by atoms with Crippen LogP contribution in [0.3, 0.4) is 0 Å². The van der Waals surface area contributed by atoms with Gasteiger partial charge in [-0.25, -0.2) is 0 Å². The van der Waals surface area contributed by atoms with Gasteiger partial charge < -0.3 is 0 Å². The average Bonchev–Trinajstić information content (AvgIpc) is 2.10. The molecule has 0 amide bonds. The Morgan fingerprint density at radius 2 is 2.13 bits per heavy atom. The Morgan fingerprint density at radius 3 is 2.67 bits per heavy atom. The van der Waals surface area contributed by atoms with E-state index < -0.39 is 0 Å². The SMILES string of the molecule is O=[N+]([O-])c1cc(Br)cc(CN2CCC2)c1. The Labute approximate surface area is 96.2 Å². The Balaban J connectivity index is 2.18. The van der Waals surface area contributed by atoms with Gasteiger partial charge in [0, 0.05) is 23.2 Å². The van der Waals surface area contributed by atoms with Crippen LogP contribution < -0.4 is 0 Å². The highest BCUT2D eigenvalue weighted by molar-refractivity contribution is 9.10. The normalized spacial score (nSPS) is 16.1. The van der Waals surface area contributed by atoms with E-state index in [2.05, 4.69) is 20.8 Å². The summed E-state index contributed by atoms with van der Waals surface area (Å²) >= 11 is 3.29. The molecule has 1 saturated heterocycles. The van der Waals surface area contributed by atoms with E-state index >= 15 is 0 Å². The molecule has 2 rings (SSSR count). The van der Waals surface area contributed by atoms with Gasteiger partial charge in [0.2, 0.25) is 0 Å². The molecule has 0 N–H and O–H groups in total. The summed E-state index contributed by atoms with van der Waals surface area (Å²) in [7, 11) is 0. The van der Waals surface area contributed by atoms with Crippen LogP contribution in [0.15, 0.2) is 22.7 Å². The minimum Gasteiger partial charge on any atom is -0.299 e. The summed E-state index contributed by atoms with van der Waals surface area (Å²) in [5, 5.41) is 10.6. The minimum atomic E-state index is -0.357. The van der Waals surface area contributed by atoms with Crippen molar-refractivity contribution in [2.24, 2.45) is 0 Å². The van der Waals surface area contributed by atoms with E-state index in [4.69, 9.17) is 0 Å². The zero-order valence-corrected chi connectivity index (χ0v) is 9.74. The summed E-state index contributed by atoms with van der Waals surface area (Å²) in [5.74, 6) is 0. The fourth-order valence-electron chi connectivity index (χ4n) is 1.63. The van der Waals surface area contributed by atoms with Crippen LogP contribution in [0, 0.1) is 10.1 Å². The van der Waals surface area contributed by atoms with E-state index in [1.807, 2.05) is 6.07 Å².